The number of hydrogen-bond acceptors (Lipinski definition) is 3. The topological polar surface area (TPSA) is 78.1 Å². The molecule has 2 aromatic carbocycles. The van der Waals surface area contributed by atoms with Crippen molar-refractivity contribution in [1.82, 2.24) is 0 Å². The van der Waals surface area contributed by atoms with Crippen LogP contribution in [0.25, 0.3) is 11.1 Å². The first-order chi connectivity index (χ1) is 7.54. The number of nitrogen functional groups attached to an aromatic ring is 3. The predicted molar refractivity (Wildman–Crippen MR) is 69.9 cm³/mol. The van der Waals surface area contributed by atoms with Crippen molar-refractivity contribution in [3.63, 3.8) is 0 Å². The molecule has 0 radical (unpaired) electrons. The second-order valence-corrected chi connectivity index (χ2v) is 4.02. The summed E-state index contributed by atoms with van der Waals surface area (Å²) in [5.41, 5.74) is 22.6. The van der Waals surface area contributed by atoms with Crippen LogP contribution in [0, 0.1) is 6.92 Å². The van der Waals surface area contributed by atoms with Crippen LogP contribution < -0.4 is 17.2 Å². The normalized spacial score (nSPS) is 10.3. The smallest absolute Gasteiger partial charge is 0.0340 e. The zero-order valence-corrected chi connectivity index (χ0v) is 9.20. The Morgan fingerprint density at radius 2 is 1.06 bits per heavy atom. The van der Waals surface area contributed by atoms with Gasteiger partial charge >= 0.3 is 0 Å². The fourth-order valence-corrected chi connectivity index (χ4v) is 1.82. The van der Waals surface area contributed by atoms with Crippen molar-refractivity contribution in [1.29, 1.82) is 0 Å². The molecule has 0 saturated carbocycles. The quantitative estimate of drug-likeness (QED) is 0.636. The molecule has 0 amide bonds. The molecule has 6 N–H and O–H groups in total. The Balaban J connectivity index is 2.57. The molecule has 0 aromatic heterocycles. The molecular weight excluding hydrogens is 198 g/mol. The molecule has 0 saturated heterocycles. The molecule has 16 heavy (non-hydrogen) atoms. The summed E-state index contributed by atoms with van der Waals surface area (Å²) in [6, 6.07) is 11.4. The Labute approximate surface area is 94.9 Å². The minimum Gasteiger partial charge on any atom is -0.399 e. The lowest BCUT2D eigenvalue weighted by atomic mass is 10.0. The van der Waals surface area contributed by atoms with Crippen LogP contribution in [0.4, 0.5) is 17.1 Å². The van der Waals surface area contributed by atoms with Crippen LogP contribution in [0.1, 0.15) is 5.56 Å². The maximum absolute atomic E-state index is 5.81. The molecule has 82 valence electrons. The highest BCUT2D eigenvalue weighted by atomic mass is 14.6. The number of benzene rings is 2. The minimum atomic E-state index is 0.662. The van der Waals surface area contributed by atoms with E-state index < -0.39 is 0 Å². The van der Waals surface area contributed by atoms with Crippen LogP contribution in [0.3, 0.4) is 0 Å². The maximum atomic E-state index is 5.81. The van der Waals surface area contributed by atoms with E-state index in [1.165, 1.54) is 0 Å². The lowest BCUT2D eigenvalue weighted by molar-refractivity contribution is 1.47. The number of anilines is 3. The van der Waals surface area contributed by atoms with Crippen molar-refractivity contribution in [2.45, 2.75) is 6.92 Å². The van der Waals surface area contributed by atoms with Gasteiger partial charge in [0.05, 0.1) is 0 Å². The zero-order valence-electron chi connectivity index (χ0n) is 9.20. The van der Waals surface area contributed by atoms with Gasteiger partial charge in [-0.1, -0.05) is 6.07 Å². The van der Waals surface area contributed by atoms with Crippen LogP contribution in [0.2, 0.25) is 0 Å². The number of hydrogen-bond donors (Lipinski definition) is 3. The van der Waals surface area contributed by atoms with Gasteiger partial charge in [-0.25, -0.2) is 0 Å². The van der Waals surface area contributed by atoms with Gasteiger partial charge in [0.1, 0.15) is 0 Å². The molecule has 3 heteroatoms. The van der Waals surface area contributed by atoms with Crippen molar-refractivity contribution in [2.75, 3.05) is 17.2 Å². The predicted octanol–water partition coefficient (Wildman–Crippen LogP) is 2.41. The zero-order chi connectivity index (χ0) is 11.7. The average Bonchev–Trinajstić information content (AvgIpc) is 2.14. The Hall–Kier alpha value is -2.16. The monoisotopic (exact) mass is 213 g/mol. The van der Waals surface area contributed by atoms with Gasteiger partial charge in [0.15, 0.2) is 0 Å². The summed E-state index contributed by atoms with van der Waals surface area (Å²) in [6.07, 6.45) is 0. The first kappa shape index (κ1) is 10.4. The highest BCUT2D eigenvalue weighted by molar-refractivity contribution is 5.74. The molecule has 0 aliphatic heterocycles. The third-order valence-corrected chi connectivity index (χ3v) is 2.41. The minimum absolute atomic E-state index is 0.662. The van der Waals surface area contributed by atoms with Gasteiger partial charge in [-0.15, -0.1) is 0 Å². The van der Waals surface area contributed by atoms with Gasteiger partial charge in [0, 0.05) is 17.1 Å². The second-order valence-electron chi connectivity index (χ2n) is 4.02. The average molecular weight is 213 g/mol. The van der Waals surface area contributed by atoms with E-state index >= 15 is 0 Å². The third-order valence-electron chi connectivity index (χ3n) is 2.41. The van der Waals surface area contributed by atoms with E-state index in [4.69, 9.17) is 17.2 Å². The van der Waals surface area contributed by atoms with E-state index in [1.807, 2.05) is 31.2 Å². The van der Waals surface area contributed by atoms with Gasteiger partial charge in [-0.05, 0) is 53.9 Å². The van der Waals surface area contributed by atoms with Crippen molar-refractivity contribution in [3.05, 3.63) is 42.0 Å². The molecule has 0 aliphatic rings. The van der Waals surface area contributed by atoms with E-state index in [-0.39, 0.29) is 0 Å². The van der Waals surface area contributed by atoms with Gasteiger partial charge in [0.2, 0.25) is 0 Å². The standard InChI is InChI=1S/C13H15N3/c1-8-2-9(4-11(14)3-8)10-5-12(15)7-13(16)6-10/h2-7H,14-16H2,1H3. The van der Waals surface area contributed by atoms with Gasteiger partial charge in [0.25, 0.3) is 0 Å². The van der Waals surface area contributed by atoms with Crippen molar-refractivity contribution < 1.29 is 0 Å². The van der Waals surface area contributed by atoms with Crippen LogP contribution >= 0.6 is 0 Å². The van der Waals surface area contributed by atoms with E-state index in [2.05, 4.69) is 6.07 Å². The Morgan fingerprint density at radius 1 is 0.625 bits per heavy atom. The molecule has 0 atom stereocenters. The van der Waals surface area contributed by atoms with Crippen LogP contribution in [0.5, 0.6) is 0 Å². The first-order valence-electron chi connectivity index (χ1n) is 5.08. The fraction of sp³-hybridized carbons (Fsp3) is 0.0769. The fourth-order valence-electron chi connectivity index (χ4n) is 1.82. The number of nitrogens with two attached hydrogens (primary N) is 3. The van der Waals surface area contributed by atoms with E-state index in [0.29, 0.717) is 11.4 Å². The summed E-state index contributed by atoms with van der Waals surface area (Å²) in [6.45, 7) is 2.01. The summed E-state index contributed by atoms with van der Waals surface area (Å²) in [7, 11) is 0. The SMILES string of the molecule is Cc1cc(N)cc(-c2cc(N)cc(N)c2)c1. The molecule has 0 unspecified atom stereocenters. The van der Waals surface area contributed by atoms with Crippen LogP contribution in [0.15, 0.2) is 36.4 Å². The first-order valence-corrected chi connectivity index (χ1v) is 5.08. The summed E-state index contributed by atoms with van der Waals surface area (Å²) < 4.78 is 0. The number of aryl methyl sites for hydroxylation is 1. The van der Waals surface area contributed by atoms with Crippen molar-refractivity contribution >= 4 is 17.1 Å². The summed E-state index contributed by atoms with van der Waals surface area (Å²) in [5, 5.41) is 0. The van der Waals surface area contributed by atoms with E-state index in [0.717, 1.165) is 22.4 Å². The van der Waals surface area contributed by atoms with Gasteiger partial charge in [-0.2, -0.15) is 0 Å². The third kappa shape index (κ3) is 2.08. The molecule has 2 rings (SSSR count). The largest absolute Gasteiger partial charge is 0.399 e. The second kappa shape index (κ2) is 3.77. The Bertz CT molecular complexity index is 443. The van der Waals surface area contributed by atoms with E-state index in [1.54, 1.807) is 6.07 Å². The van der Waals surface area contributed by atoms with Gasteiger partial charge in [-0.3, -0.25) is 0 Å². The summed E-state index contributed by atoms with van der Waals surface area (Å²) >= 11 is 0. The molecule has 0 fully saturated rings. The summed E-state index contributed by atoms with van der Waals surface area (Å²) in [4.78, 5) is 0. The number of rotatable bonds is 1. The van der Waals surface area contributed by atoms with E-state index in [9.17, 15) is 0 Å². The Kier molecular flexibility index (Phi) is 2.44. The molecule has 2 aromatic rings. The van der Waals surface area contributed by atoms with Crippen molar-refractivity contribution in [2.24, 2.45) is 0 Å². The lowest BCUT2D eigenvalue weighted by Gasteiger charge is -2.07. The lowest BCUT2D eigenvalue weighted by Crippen LogP contribution is -1.93. The summed E-state index contributed by atoms with van der Waals surface area (Å²) in [5.74, 6) is 0. The van der Waals surface area contributed by atoms with Gasteiger partial charge < -0.3 is 17.2 Å². The molecular formula is C13H15N3. The molecule has 3 nitrogen and oxygen atoms in total. The molecule has 0 aliphatic carbocycles. The Morgan fingerprint density at radius 3 is 1.56 bits per heavy atom. The van der Waals surface area contributed by atoms with Crippen LogP contribution in [-0.4, -0.2) is 0 Å². The molecule has 0 heterocycles. The highest BCUT2D eigenvalue weighted by Crippen LogP contribution is 2.27. The molecule has 0 bridgehead atoms. The maximum Gasteiger partial charge on any atom is 0.0340 e. The highest BCUT2D eigenvalue weighted by Gasteiger charge is 2.02. The molecule has 0 spiro atoms. The van der Waals surface area contributed by atoms with Crippen LogP contribution in [-0.2, 0) is 0 Å². The van der Waals surface area contributed by atoms with Crippen molar-refractivity contribution in [3.8, 4) is 11.1 Å².